The van der Waals surface area contributed by atoms with Crippen molar-refractivity contribution in [1.82, 2.24) is 19.6 Å². The van der Waals surface area contributed by atoms with Gasteiger partial charge in [0.05, 0.1) is 22.9 Å². The van der Waals surface area contributed by atoms with Gasteiger partial charge in [0.25, 0.3) is 0 Å². The highest BCUT2D eigenvalue weighted by atomic mass is 79.9. The standard InChI is InChI=1S/C18H16BrF3N4/c19-13-9-23-25(11-13)10-12-5-7-14(8-6-12)26-16-4-2-1-3-15(16)17(24-26)18(20,21)22/h5-9,11H,1-4,10H2. The Hall–Kier alpha value is -2.09. The van der Waals surface area contributed by atoms with Gasteiger partial charge in [-0.05, 0) is 59.3 Å². The third-order valence-corrected chi connectivity index (χ3v) is 4.99. The molecule has 0 amide bonds. The average Bonchev–Trinajstić information content (AvgIpc) is 3.19. The maximum absolute atomic E-state index is 13.3. The molecule has 2 heterocycles. The van der Waals surface area contributed by atoms with E-state index in [-0.39, 0.29) is 0 Å². The van der Waals surface area contributed by atoms with Crippen molar-refractivity contribution in [2.75, 3.05) is 0 Å². The second-order valence-electron chi connectivity index (χ2n) is 6.41. The van der Waals surface area contributed by atoms with E-state index in [1.165, 1.54) is 4.68 Å². The molecule has 1 aliphatic carbocycles. The van der Waals surface area contributed by atoms with Crippen LogP contribution in [0.4, 0.5) is 13.2 Å². The maximum Gasteiger partial charge on any atom is 0.435 e. The van der Waals surface area contributed by atoms with E-state index in [2.05, 4.69) is 26.1 Å². The van der Waals surface area contributed by atoms with Crippen LogP contribution in [0.2, 0.25) is 0 Å². The van der Waals surface area contributed by atoms with Gasteiger partial charge in [-0.3, -0.25) is 4.68 Å². The number of benzene rings is 1. The fourth-order valence-electron chi connectivity index (χ4n) is 3.39. The summed E-state index contributed by atoms with van der Waals surface area (Å²) in [4.78, 5) is 0. The molecule has 8 heteroatoms. The topological polar surface area (TPSA) is 35.6 Å². The van der Waals surface area contributed by atoms with Gasteiger partial charge in [0.1, 0.15) is 0 Å². The first-order valence-electron chi connectivity index (χ1n) is 8.37. The van der Waals surface area contributed by atoms with Crippen molar-refractivity contribution < 1.29 is 13.2 Å². The van der Waals surface area contributed by atoms with Gasteiger partial charge in [0.2, 0.25) is 0 Å². The van der Waals surface area contributed by atoms with E-state index < -0.39 is 11.9 Å². The van der Waals surface area contributed by atoms with E-state index in [9.17, 15) is 13.2 Å². The molecule has 0 spiro atoms. The molecule has 0 N–H and O–H groups in total. The summed E-state index contributed by atoms with van der Waals surface area (Å²) in [6.45, 7) is 0.594. The molecule has 3 aromatic rings. The van der Waals surface area contributed by atoms with Crippen LogP contribution in [0.5, 0.6) is 0 Å². The lowest BCUT2D eigenvalue weighted by Crippen LogP contribution is -2.11. The largest absolute Gasteiger partial charge is 0.435 e. The molecule has 0 saturated heterocycles. The highest BCUT2D eigenvalue weighted by Gasteiger charge is 2.39. The molecule has 2 aromatic heterocycles. The molecule has 1 aromatic carbocycles. The van der Waals surface area contributed by atoms with Gasteiger partial charge >= 0.3 is 6.18 Å². The lowest BCUT2D eigenvalue weighted by Gasteiger charge is -2.15. The molecule has 0 bridgehead atoms. The van der Waals surface area contributed by atoms with Gasteiger partial charge in [-0.2, -0.15) is 23.4 Å². The van der Waals surface area contributed by atoms with Crippen LogP contribution in [0.15, 0.2) is 41.1 Å². The first kappa shape index (κ1) is 17.3. The lowest BCUT2D eigenvalue weighted by atomic mass is 9.95. The van der Waals surface area contributed by atoms with Gasteiger partial charge in [0, 0.05) is 17.5 Å². The minimum atomic E-state index is -4.42. The molecule has 1 aliphatic rings. The smallest absolute Gasteiger partial charge is 0.267 e. The number of halogens is 4. The zero-order chi connectivity index (χ0) is 18.3. The predicted octanol–water partition coefficient (Wildman–Crippen LogP) is 4.78. The molecule has 0 unspecified atom stereocenters. The molecule has 0 saturated carbocycles. The van der Waals surface area contributed by atoms with Crippen LogP contribution in [0.25, 0.3) is 5.69 Å². The highest BCUT2D eigenvalue weighted by molar-refractivity contribution is 9.10. The third kappa shape index (κ3) is 3.30. The first-order chi connectivity index (χ1) is 12.4. The predicted molar refractivity (Wildman–Crippen MR) is 94.2 cm³/mol. The van der Waals surface area contributed by atoms with E-state index in [1.54, 1.807) is 10.9 Å². The Morgan fingerprint density at radius 2 is 1.81 bits per heavy atom. The third-order valence-electron chi connectivity index (χ3n) is 4.58. The minimum Gasteiger partial charge on any atom is -0.267 e. The van der Waals surface area contributed by atoms with E-state index in [0.717, 1.165) is 22.9 Å². The monoisotopic (exact) mass is 424 g/mol. The maximum atomic E-state index is 13.3. The fourth-order valence-corrected chi connectivity index (χ4v) is 3.72. The Morgan fingerprint density at radius 1 is 1.08 bits per heavy atom. The van der Waals surface area contributed by atoms with Crippen molar-refractivity contribution >= 4 is 15.9 Å². The van der Waals surface area contributed by atoms with Crippen LogP contribution >= 0.6 is 15.9 Å². The number of aromatic nitrogens is 4. The molecule has 136 valence electrons. The van der Waals surface area contributed by atoms with E-state index in [0.29, 0.717) is 36.3 Å². The summed E-state index contributed by atoms with van der Waals surface area (Å²) in [5, 5.41) is 8.13. The highest BCUT2D eigenvalue weighted by Crippen LogP contribution is 2.36. The molecule has 4 nitrogen and oxygen atoms in total. The van der Waals surface area contributed by atoms with Crippen molar-refractivity contribution in [3.63, 3.8) is 0 Å². The lowest BCUT2D eigenvalue weighted by molar-refractivity contribution is -0.142. The van der Waals surface area contributed by atoms with Crippen molar-refractivity contribution in [2.24, 2.45) is 0 Å². The Balaban J connectivity index is 1.66. The second kappa shape index (κ2) is 6.57. The van der Waals surface area contributed by atoms with Crippen LogP contribution in [-0.4, -0.2) is 19.6 Å². The van der Waals surface area contributed by atoms with Gasteiger partial charge in [0.15, 0.2) is 5.69 Å². The van der Waals surface area contributed by atoms with Crippen LogP contribution in [-0.2, 0) is 25.6 Å². The normalized spacial score (nSPS) is 14.5. The Labute approximate surface area is 156 Å². The summed E-state index contributed by atoms with van der Waals surface area (Å²) >= 11 is 3.35. The molecular formula is C18H16BrF3N4. The molecule has 0 radical (unpaired) electrons. The van der Waals surface area contributed by atoms with Crippen LogP contribution in [0, 0.1) is 0 Å². The minimum absolute atomic E-state index is 0.356. The van der Waals surface area contributed by atoms with E-state index in [1.807, 2.05) is 30.5 Å². The Bertz CT molecular complexity index is 925. The van der Waals surface area contributed by atoms with Crippen molar-refractivity contribution in [3.05, 3.63) is 63.6 Å². The molecule has 26 heavy (non-hydrogen) atoms. The van der Waals surface area contributed by atoms with Gasteiger partial charge in [-0.25, -0.2) is 4.68 Å². The zero-order valence-corrected chi connectivity index (χ0v) is 15.4. The van der Waals surface area contributed by atoms with Crippen LogP contribution in [0.3, 0.4) is 0 Å². The first-order valence-corrected chi connectivity index (χ1v) is 9.16. The summed E-state index contributed by atoms with van der Waals surface area (Å²) in [6.07, 6.45) is 1.90. The van der Waals surface area contributed by atoms with E-state index >= 15 is 0 Å². The summed E-state index contributed by atoms with van der Waals surface area (Å²) < 4.78 is 44.1. The van der Waals surface area contributed by atoms with Crippen molar-refractivity contribution in [2.45, 2.75) is 38.4 Å². The average molecular weight is 425 g/mol. The molecule has 0 atom stereocenters. The van der Waals surface area contributed by atoms with Gasteiger partial charge in [-0.1, -0.05) is 12.1 Å². The quantitative estimate of drug-likeness (QED) is 0.606. The zero-order valence-electron chi connectivity index (χ0n) is 13.8. The van der Waals surface area contributed by atoms with Crippen molar-refractivity contribution in [3.8, 4) is 5.69 Å². The van der Waals surface area contributed by atoms with Crippen LogP contribution in [0.1, 0.15) is 35.4 Å². The number of hydrogen-bond acceptors (Lipinski definition) is 2. The Morgan fingerprint density at radius 3 is 2.46 bits per heavy atom. The van der Waals surface area contributed by atoms with Crippen LogP contribution < -0.4 is 0 Å². The Kier molecular flexibility index (Phi) is 4.38. The number of alkyl halides is 3. The summed E-state index contributed by atoms with van der Waals surface area (Å²) in [5.41, 5.74) is 1.98. The van der Waals surface area contributed by atoms with Gasteiger partial charge < -0.3 is 0 Å². The van der Waals surface area contributed by atoms with Gasteiger partial charge in [-0.15, -0.1) is 0 Å². The molecule has 0 aliphatic heterocycles. The van der Waals surface area contributed by atoms with Crippen molar-refractivity contribution in [1.29, 1.82) is 0 Å². The van der Waals surface area contributed by atoms with E-state index in [4.69, 9.17) is 0 Å². The fraction of sp³-hybridized carbons (Fsp3) is 0.333. The number of rotatable bonds is 3. The summed E-state index contributed by atoms with van der Waals surface area (Å²) in [6, 6.07) is 7.43. The summed E-state index contributed by atoms with van der Waals surface area (Å²) in [5.74, 6) is 0. The number of fused-ring (bicyclic) bond motifs is 1. The number of nitrogens with zero attached hydrogens (tertiary/aromatic N) is 4. The molecule has 0 fully saturated rings. The second-order valence-corrected chi connectivity index (χ2v) is 7.33. The number of hydrogen-bond donors (Lipinski definition) is 0. The molecular weight excluding hydrogens is 409 g/mol. The molecule has 4 rings (SSSR count). The summed E-state index contributed by atoms with van der Waals surface area (Å²) in [7, 11) is 0. The SMILES string of the molecule is FC(F)(F)c1nn(-c2ccc(Cn3cc(Br)cn3)cc2)c2c1CCCC2.